The highest BCUT2D eigenvalue weighted by molar-refractivity contribution is 8.03. The molecule has 0 spiro atoms. The van der Waals surface area contributed by atoms with E-state index in [0.29, 0.717) is 16.9 Å². The Labute approximate surface area is 134 Å². The van der Waals surface area contributed by atoms with Crippen LogP contribution in [0, 0.1) is 11.3 Å². The van der Waals surface area contributed by atoms with Gasteiger partial charge in [0.05, 0.1) is 28.9 Å². The molecule has 5 heteroatoms. The Morgan fingerprint density at radius 3 is 2.91 bits per heavy atom. The summed E-state index contributed by atoms with van der Waals surface area (Å²) in [7, 11) is 0. The fourth-order valence-corrected chi connectivity index (χ4v) is 3.46. The Bertz CT molecular complexity index is 691. The van der Waals surface area contributed by atoms with E-state index in [1.54, 1.807) is 30.2 Å². The highest BCUT2D eigenvalue weighted by Gasteiger charge is 2.34. The van der Waals surface area contributed by atoms with Crippen molar-refractivity contribution >= 4 is 17.5 Å². The summed E-state index contributed by atoms with van der Waals surface area (Å²) in [6.07, 6.45) is 5.55. The SMILES string of the molecule is CC=CCSC1=C(C#N)C(c2ccco2)C(C(C)=O)=C(C)N1. The van der Waals surface area contributed by atoms with Crippen LogP contribution in [0.2, 0.25) is 0 Å². The number of Topliss-reactive ketones (excluding diaryl/α,β-unsaturated/α-hetero) is 1. The third kappa shape index (κ3) is 3.18. The van der Waals surface area contributed by atoms with Crippen LogP contribution in [0.1, 0.15) is 32.4 Å². The Morgan fingerprint density at radius 2 is 2.36 bits per heavy atom. The van der Waals surface area contributed by atoms with E-state index in [0.717, 1.165) is 16.5 Å². The van der Waals surface area contributed by atoms with Crippen molar-refractivity contribution in [3.63, 3.8) is 0 Å². The quantitative estimate of drug-likeness (QED) is 0.836. The molecule has 2 rings (SSSR count). The zero-order valence-electron chi connectivity index (χ0n) is 12.8. The van der Waals surface area contributed by atoms with E-state index < -0.39 is 5.92 Å². The van der Waals surface area contributed by atoms with Gasteiger partial charge in [0.2, 0.25) is 0 Å². The minimum atomic E-state index is -0.438. The molecule has 0 fully saturated rings. The first-order valence-electron chi connectivity index (χ1n) is 7.00. The molecule has 1 atom stereocenters. The highest BCUT2D eigenvalue weighted by Crippen LogP contribution is 2.40. The average Bonchev–Trinajstić information content (AvgIpc) is 3.00. The van der Waals surface area contributed by atoms with E-state index in [4.69, 9.17) is 4.42 Å². The van der Waals surface area contributed by atoms with Gasteiger partial charge in [0.25, 0.3) is 0 Å². The molecule has 114 valence electrons. The molecule has 0 aromatic carbocycles. The van der Waals surface area contributed by atoms with Gasteiger partial charge in [0.1, 0.15) is 5.76 Å². The molecule has 1 aliphatic rings. The number of thioether (sulfide) groups is 1. The number of carbonyl (C=O) groups excluding carboxylic acids is 1. The number of ketones is 1. The molecule has 0 bridgehead atoms. The van der Waals surface area contributed by atoms with Crippen LogP contribution in [-0.2, 0) is 4.79 Å². The van der Waals surface area contributed by atoms with Crippen molar-refractivity contribution in [2.75, 3.05) is 5.75 Å². The van der Waals surface area contributed by atoms with Gasteiger partial charge in [-0.15, -0.1) is 11.8 Å². The lowest BCUT2D eigenvalue weighted by Gasteiger charge is -2.27. The topological polar surface area (TPSA) is 66.0 Å². The summed E-state index contributed by atoms with van der Waals surface area (Å²) in [5, 5.41) is 13.6. The number of furan rings is 1. The van der Waals surface area contributed by atoms with Crippen LogP contribution in [0.3, 0.4) is 0 Å². The summed E-state index contributed by atoms with van der Waals surface area (Å²) in [6, 6.07) is 5.82. The van der Waals surface area contributed by atoms with Crippen LogP contribution in [0.15, 0.2) is 56.8 Å². The molecule has 1 N–H and O–H groups in total. The van der Waals surface area contributed by atoms with Crippen LogP contribution in [0.4, 0.5) is 0 Å². The normalized spacial score (nSPS) is 18.5. The van der Waals surface area contributed by atoms with E-state index in [9.17, 15) is 10.1 Å². The standard InChI is InChI=1S/C17H18N2O2S/c1-4-5-9-22-17-13(10-18)16(14-7-6-8-21-14)15(12(3)20)11(2)19-17/h4-8,16,19H,9H2,1-3H3. The number of hydrogen-bond acceptors (Lipinski definition) is 5. The van der Waals surface area contributed by atoms with Gasteiger partial charge in [0.15, 0.2) is 5.78 Å². The lowest BCUT2D eigenvalue weighted by atomic mass is 9.84. The molecule has 1 aromatic rings. The third-order valence-corrected chi connectivity index (χ3v) is 4.38. The van der Waals surface area contributed by atoms with Crippen molar-refractivity contribution in [2.24, 2.45) is 0 Å². The molecule has 0 saturated heterocycles. The predicted molar refractivity (Wildman–Crippen MR) is 87.9 cm³/mol. The van der Waals surface area contributed by atoms with Crippen LogP contribution in [0.25, 0.3) is 0 Å². The smallest absolute Gasteiger partial charge is 0.158 e. The summed E-state index contributed by atoms with van der Waals surface area (Å²) in [6.45, 7) is 5.33. The lowest BCUT2D eigenvalue weighted by Crippen LogP contribution is -2.26. The Balaban J connectivity index is 2.50. The number of hydrogen-bond donors (Lipinski definition) is 1. The number of nitrogens with one attached hydrogen (secondary N) is 1. The van der Waals surface area contributed by atoms with E-state index in [2.05, 4.69) is 11.4 Å². The Hall–Kier alpha value is -2.19. The first kappa shape index (κ1) is 16.2. The van der Waals surface area contributed by atoms with Crippen LogP contribution < -0.4 is 5.32 Å². The van der Waals surface area contributed by atoms with E-state index >= 15 is 0 Å². The Kier molecular flexibility index (Phi) is 5.29. The molecule has 0 aliphatic carbocycles. The summed E-state index contributed by atoms with van der Waals surface area (Å²) in [5.74, 6) is 0.882. The summed E-state index contributed by atoms with van der Waals surface area (Å²) >= 11 is 1.55. The van der Waals surface area contributed by atoms with Gasteiger partial charge < -0.3 is 9.73 Å². The number of nitriles is 1. The molecule has 1 aliphatic heterocycles. The zero-order valence-corrected chi connectivity index (χ0v) is 13.7. The fraction of sp³-hybridized carbons (Fsp3) is 0.294. The van der Waals surface area contributed by atoms with Gasteiger partial charge >= 0.3 is 0 Å². The van der Waals surface area contributed by atoms with Gasteiger partial charge in [-0.3, -0.25) is 4.79 Å². The second kappa shape index (κ2) is 7.19. The first-order chi connectivity index (χ1) is 10.6. The minimum absolute atomic E-state index is 0.0587. The van der Waals surface area contributed by atoms with Gasteiger partial charge in [-0.25, -0.2) is 0 Å². The summed E-state index contributed by atoms with van der Waals surface area (Å²) in [4.78, 5) is 12.1. The molecule has 0 amide bonds. The zero-order chi connectivity index (χ0) is 16.1. The second-order valence-corrected chi connectivity index (χ2v) is 5.93. The molecule has 0 radical (unpaired) electrons. The maximum atomic E-state index is 12.1. The number of allylic oxidation sites excluding steroid dienone is 4. The van der Waals surface area contributed by atoms with Crippen molar-refractivity contribution in [2.45, 2.75) is 26.7 Å². The maximum Gasteiger partial charge on any atom is 0.158 e. The highest BCUT2D eigenvalue weighted by atomic mass is 32.2. The van der Waals surface area contributed by atoms with Gasteiger partial charge in [-0.2, -0.15) is 5.26 Å². The number of carbonyl (C=O) groups is 1. The van der Waals surface area contributed by atoms with Gasteiger partial charge in [0, 0.05) is 17.0 Å². The van der Waals surface area contributed by atoms with Crippen LogP contribution in [0.5, 0.6) is 0 Å². The maximum absolute atomic E-state index is 12.1. The molecule has 4 nitrogen and oxygen atoms in total. The third-order valence-electron chi connectivity index (χ3n) is 3.41. The largest absolute Gasteiger partial charge is 0.468 e. The minimum Gasteiger partial charge on any atom is -0.468 e. The van der Waals surface area contributed by atoms with Gasteiger partial charge in [-0.1, -0.05) is 12.2 Å². The van der Waals surface area contributed by atoms with E-state index in [1.807, 2.05) is 26.0 Å². The predicted octanol–water partition coefficient (Wildman–Crippen LogP) is 3.87. The molecule has 2 heterocycles. The first-order valence-corrected chi connectivity index (χ1v) is 7.99. The van der Waals surface area contributed by atoms with Crippen LogP contribution >= 0.6 is 11.8 Å². The number of nitrogens with zero attached hydrogens (tertiary/aromatic N) is 1. The van der Waals surface area contributed by atoms with Crippen LogP contribution in [-0.4, -0.2) is 11.5 Å². The number of dihydropyridines is 1. The van der Waals surface area contributed by atoms with E-state index in [1.165, 1.54) is 6.92 Å². The second-order valence-electron chi connectivity index (χ2n) is 4.90. The summed E-state index contributed by atoms with van der Waals surface area (Å²) in [5.41, 5.74) is 1.89. The molecule has 22 heavy (non-hydrogen) atoms. The lowest BCUT2D eigenvalue weighted by molar-refractivity contribution is -0.113. The molecular weight excluding hydrogens is 296 g/mol. The monoisotopic (exact) mass is 314 g/mol. The van der Waals surface area contributed by atoms with E-state index in [-0.39, 0.29) is 5.78 Å². The van der Waals surface area contributed by atoms with Crippen molar-refractivity contribution in [1.29, 1.82) is 5.26 Å². The number of rotatable bonds is 5. The Morgan fingerprint density at radius 1 is 1.59 bits per heavy atom. The van der Waals surface area contributed by atoms with Gasteiger partial charge in [-0.05, 0) is 32.9 Å². The fourth-order valence-electron chi connectivity index (χ4n) is 2.46. The average molecular weight is 314 g/mol. The molecular formula is C17H18N2O2S. The van der Waals surface area contributed by atoms with Crippen molar-refractivity contribution in [3.05, 3.63) is 58.2 Å². The van der Waals surface area contributed by atoms with Crippen molar-refractivity contribution < 1.29 is 9.21 Å². The van der Waals surface area contributed by atoms with Crippen molar-refractivity contribution in [3.8, 4) is 6.07 Å². The molecule has 1 unspecified atom stereocenters. The van der Waals surface area contributed by atoms with Crippen molar-refractivity contribution in [1.82, 2.24) is 5.32 Å². The summed E-state index contributed by atoms with van der Waals surface area (Å²) < 4.78 is 5.49. The molecule has 1 aromatic heterocycles. The molecule has 0 saturated carbocycles.